The molecule has 1 heterocycles. The van der Waals surface area contributed by atoms with Crippen LogP contribution < -0.4 is 4.74 Å². The van der Waals surface area contributed by atoms with Crippen molar-refractivity contribution in [2.45, 2.75) is 25.7 Å². The third-order valence-corrected chi connectivity index (χ3v) is 4.46. The van der Waals surface area contributed by atoms with Gasteiger partial charge in [0.15, 0.2) is 6.29 Å². The molecule has 0 unspecified atom stereocenters. The largest absolute Gasteiger partial charge is 0.478 e. The van der Waals surface area contributed by atoms with Crippen LogP contribution in [0, 0.1) is 0 Å². The Bertz CT molecular complexity index is 377. The second kappa shape index (κ2) is 5.59. The first-order valence-corrected chi connectivity index (χ1v) is 9.66. The Morgan fingerprint density at radius 2 is 2.19 bits per heavy atom. The molecule has 0 aliphatic carbocycles. The van der Waals surface area contributed by atoms with Crippen LogP contribution in [-0.4, -0.2) is 26.0 Å². The van der Waals surface area contributed by atoms with Gasteiger partial charge in [0.2, 0.25) is 5.88 Å². The number of hydrogen-bond donors (Lipinski definition) is 0. The summed E-state index contributed by atoms with van der Waals surface area (Å²) in [5.74, 6) is 0.517. The molecule has 1 rings (SSSR count). The first-order valence-electron chi connectivity index (χ1n) is 5.16. The van der Waals surface area contributed by atoms with Crippen molar-refractivity contribution in [3.63, 3.8) is 0 Å². The zero-order chi connectivity index (χ0) is 12.2. The predicted molar refractivity (Wildman–Crippen MR) is 71.0 cm³/mol. The smallest absolute Gasteiger partial charge is 0.213 e. The van der Waals surface area contributed by atoms with Gasteiger partial charge in [-0.2, -0.15) is 0 Å². The summed E-state index contributed by atoms with van der Waals surface area (Å²) in [5, 5.41) is 0. The summed E-state index contributed by atoms with van der Waals surface area (Å²) in [6.45, 7) is 7.55. The number of hydrogen-bond acceptors (Lipinski definition) is 3. The standard InChI is InChI=1S/C11H16BrNO2Si/c1-16(2,3)5-4-15-11-6-9(8-14)10(12)7-13-11/h6-8H,4-5H2,1-3H3. The molecule has 0 N–H and O–H groups in total. The Balaban J connectivity index is 2.58. The maximum absolute atomic E-state index is 10.7. The molecule has 0 aliphatic rings. The molecule has 0 bridgehead atoms. The van der Waals surface area contributed by atoms with Crippen molar-refractivity contribution in [2.24, 2.45) is 0 Å². The Labute approximate surface area is 105 Å². The fourth-order valence-electron chi connectivity index (χ4n) is 1.07. The summed E-state index contributed by atoms with van der Waals surface area (Å²) < 4.78 is 6.22. The molecule has 0 aliphatic heterocycles. The van der Waals surface area contributed by atoms with Gasteiger partial charge in [-0.05, 0) is 22.0 Å². The second-order valence-corrected chi connectivity index (χ2v) is 11.3. The lowest BCUT2D eigenvalue weighted by atomic mass is 10.3. The van der Waals surface area contributed by atoms with E-state index >= 15 is 0 Å². The summed E-state index contributed by atoms with van der Waals surface area (Å²) in [6, 6.07) is 2.74. The Morgan fingerprint density at radius 3 is 2.75 bits per heavy atom. The van der Waals surface area contributed by atoms with Gasteiger partial charge in [0.05, 0.1) is 6.61 Å². The molecule has 0 aromatic carbocycles. The van der Waals surface area contributed by atoms with Gasteiger partial charge in [-0.1, -0.05) is 19.6 Å². The highest BCUT2D eigenvalue weighted by atomic mass is 79.9. The van der Waals surface area contributed by atoms with Crippen molar-refractivity contribution in [1.82, 2.24) is 4.98 Å². The summed E-state index contributed by atoms with van der Waals surface area (Å²) in [7, 11) is -1.08. The predicted octanol–water partition coefficient (Wildman–Crippen LogP) is 3.37. The second-order valence-electron chi connectivity index (χ2n) is 4.82. The minimum absolute atomic E-state index is 0.517. The van der Waals surface area contributed by atoms with Crippen LogP contribution in [0.25, 0.3) is 0 Å². The monoisotopic (exact) mass is 301 g/mol. The zero-order valence-corrected chi connectivity index (χ0v) is 12.4. The number of aldehydes is 1. The van der Waals surface area contributed by atoms with Gasteiger partial charge in [-0.3, -0.25) is 4.79 Å². The van der Waals surface area contributed by atoms with Gasteiger partial charge >= 0.3 is 0 Å². The lowest BCUT2D eigenvalue weighted by molar-refractivity contribution is 0.112. The normalized spacial score (nSPS) is 11.2. The average Bonchev–Trinajstić information content (AvgIpc) is 2.18. The van der Waals surface area contributed by atoms with Crippen LogP contribution in [0.3, 0.4) is 0 Å². The summed E-state index contributed by atoms with van der Waals surface area (Å²) in [5.41, 5.74) is 0.568. The number of halogens is 1. The zero-order valence-electron chi connectivity index (χ0n) is 9.79. The van der Waals surface area contributed by atoms with Crippen molar-refractivity contribution in [3.8, 4) is 5.88 Å². The maximum Gasteiger partial charge on any atom is 0.213 e. The highest BCUT2D eigenvalue weighted by molar-refractivity contribution is 9.10. The molecular formula is C11H16BrNO2Si. The first kappa shape index (κ1) is 13.4. The van der Waals surface area contributed by atoms with Gasteiger partial charge in [0, 0.05) is 30.4 Å². The molecule has 0 fully saturated rings. The van der Waals surface area contributed by atoms with E-state index in [2.05, 4.69) is 40.6 Å². The molecule has 5 heteroatoms. The molecule has 3 nitrogen and oxygen atoms in total. The van der Waals surface area contributed by atoms with E-state index in [9.17, 15) is 4.79 Å². The van der Waals surface area contributed by atoms with Crippen LogP contribution in [0.2, 0.25) is 25.7 Å². The lowest BCUT2D eigenvalue weighted by Crippen LogP contribution is -2.22. The number of rotatable bonds is 5. The minimum atomic E-state index is -1.08. The SMILES string of the molecule is C[Si](C)(C)CCOc1cc(C=O)c(Br)cn1. The van der Waals surface area contributed by atoms with E-state index in [-0.39, 0.29) is 0 Å². The molecule has 0 amide bonds. The van der Waals surface area contributed by atoms with Gasteiger partial charge in [-0.25, -0.2) is 4.98 Å². The molecule has 0 atom stereocenters. The van der Waals surface area contributed by atoms with Crippen LogP contribution in [0.5, 0.6) is 5.88 Å². The molecule has 0 saturated heterocycles. The van der Waals surface area contributed by atoms with Gasteiger partial charge in [0.25, 0.3) is 0 Å². The van der Waals surface area contributed by atoms with E-state index in [0.717, 1.165) is 12.3 Å². The molecular weight excluding hydrogens is 286 g/mol. The van der Waals surface area contributed by atoms with E-state index < -0.39 is 8.07 Å². The van der Waals surface area contributed by atoms with E-state index in [1.54, 1.807) is 12.3 Å². The molecule has 16 heavy (non-hydrogen) atoms. The number of carbonyl (C=O) groups is 1. The van der Waals surface area contributed by atoms with Crippen LogP contribution in [0.4, 0.5) is 0 Å². The van der Waals surface area contributed by atoms with Crippen LogP contribution in [-0.2, 0) is 0 Å². The third-order valence-electron chi connectivity index (χ3n) is 2.09. The Morgan fingerprint density at radius 1 is 1.50 bits per heavy atom. The highest BCUT2D eigenvalue weighted by Gasteiger charge is 2.13. The fourth-order valence-corrected chi connectivity index (χ4v) is 2.09. The number of nitrogens with zero attached hydrogens (tertiary/aromatic N) is 1. The lowest BCUT2D eigenvalue weighted by Gasteiger charge is -2.15. The molecule has 88 valence electrons. The fraction of sp³-hybridized carbons (Fsp3) is 0.455. The van der Waals surface area contributed by atoms with Crippen molar-refractivity contribution in [2.75, 3.05) is 6.61 Å². The van der Waals surface area contributed by atoms with Crippen molar-refractivity contribution >= 4 is 30.3 Å². The number of carbonyl (C=O) groups excluding carboxylic acids is 1. The van der Waals surface area contributed by atoms with Gasteiger partial charge < -0.3 is 4.74 Å². The van der Waals surface area contributed by atoms with Crippen molar-refractivity contribution < 1.29 is 9.53 Å². The van der Waals surface area contributed by atoms with Gasteiger partial charge in [-0.15, -0.1) is 0 Å². The molecule has 1 aromatic heterocycles. The van der Waals surface area contributed by atoms with Crippen LogP contribution in [0.15, 0.2) is 16.7 Å². The topological polar surface area (TPSA) is 39.2 Å². The quantitative estimate of drug-likeness (QED) is 0.618. The van der Waals surface area contributed by atoms with E-state index in [1.807, 2.05) is 0 Å². The minimum Gasteiger partial charge on any atom is -0.478 e. The molecule has 1 aromatic rings. The summed E-state index contributed by atoms with van der Waals surface area (Å²) in [6.07, 6.45) is 2.38. The highest BCUT2D eigenvalue weighted by Crippen LogP contribution is 2.18. The van der Waals surface area contributed by atoms with Crippen molar-refractivity contribution in [3.05, 3.63) is 22.3 Å². The molecule has 0 radical (unpaired) electrons. The molecule has 0 spiro atoms. The van der Waals surface area contributed by atoms with Crippen LogP contribution >= 0.6 is 15.9 Å². The number of aromatic nitrogens is 1. The third kappa shape index (κ3) is 4.45. The summed E-state index contributed by atoms with van der Waals surface area (Å²) >= 11 is 3.25. The van der Waals surface area contributed by atoms with Gasteiger partial charge in [0.1, 0.15) is 0 Å². The maximum atomic E-state index is 10.7. The Kier molecular flexibility index (Phi) is 4.67. The average molecular weight is 302 g/mol. The van der Waals surface area contributed by atoms with Crippen LogP contribution in [0.1, 0.15) is 10.4 Å². The first-order chi connectivity index (χ1) is 7.42. The Hall–Kier alpha value is -0.683. The number of ether oxygens (including phenoxy) is 1. The van der Waals surface area contributed by atoms with E-state index in [1.165, 1.54) is 0 Å². The van der Waals surface area contributed by atoms with Crippen molar-refractivity contribution in [1.29, 1.82) is 0 Å². The summed E-state index contributed by atoms with van der Waals surface area (Å²) in [4.78, 5) is 14.8. The van der Waals surface area contributed by atoms with E-state index in [0.29, 0.717) is 22.5 Å². The molecule has 0 saturated carbocycles. The number of pyridine rings is 1. The van der Waals surface area contributed by atoms with E-state index in [4.69, 9.17) is 4.74 Å².